The lowest BCUT2D eigenvalue weighted by Gasteiger charge is -2.07. The quantitative estimate of drug-likeness (QED) is 0.803. The third-order valence-corrected chi connectivity index (χ3v) is 3.67. The van der Waals surface area contributed by atoms with Crippen LogP contribution in [0, 0.1) is 0 Å². The van der Waals surface area contributed by atoms with Crippen molar-refractivity contribution in [1.29, 1.82) is 0 Å². The predicted molar refractivity (Wildman–Crippen MR) is 76.7 cm³/mol. The Morgan fingerprint density at radius 2 is 2.17 bits per heavy atom. The molecule has 18 heavy (non-hydrogen) atoms. The van der Waals surface area contributed by atoms with Gasteiger partial charge in [-0.25, -0.2) is 4.98 Å². The molecule has 0 amide bonds. The second kappa shape index (κ2) is 4.99. The molecule has 0 aromatic carbocycles. The number of hydrogen-bond acceptors (Lipinski definition) is 5. The minimum absolute atomic E-state index is 0.703. The molecule has 0 fully saturated rings. The Labute approximate surface area is 116 Å². The number of thiazole rings is 1. The third-order valence-electron chi connectivity index (χ3n) is 2.46. The first-order valence-corrected chi connectivity index (χ1v) is 7.03. The van der Waals surface area contributed by atoms with Gasteiger partial charge in [-0.1, -0.05) is 0 Å². The van der Waals surface area contributed by atoms with Gasteiger partial charge in [0, 0.05) is 28.4 Å². The molecule has 4 nitrogen and oxygen atoms in total. The highest BCUT2D eigenvalue weighted by Gasteiger charge is 2.04. The van der Waals surface area contributed by atoms with Crippen LogP contribution in [-0.2, 0) is 6.54 Å². The molecule has 3 heterocycles. The van der Waals surface area contributed by atoms with Gasteiger partial charge in [-0.3, -0.25) is 9.97 Å². The first-order valence-electron chi connectivity index (χ1n) is 5.35. The van der Waals surface area contributed by atoms with Crippen LogP contribution in [-0.4, -0.2) is 15.0 Å². The Balaban J connectivity index is 1.92. The van der Waals surface area contributed by atoms with Crippen molar-refractivity contribution in [2.24, 2.45) is 0 Å². The van der Waals surface area contributed by atoms with Crippen LogP contribution in [0.4, 0.5) is 5.69 Å². The molecule has 90 valence electrons. The lowest BCUT2D eigenvalue weighted by molar-refractivity contribution is 1.10. The molecule has 0 unspecified atom stereocenters. The minimum atomic E-state index is 0.703. The van der Waals surface area contributed by atoms with Gasteiger partial charge in [0.05, 0.1) is 17.7 Å². The molecule has 0 saturated heterocycles. The monoisotopic (exact) mass is 320 g/mol. The van der Waals surface area contributed by atoms with E-state index in [1.165, 1.54) is 0 Å². The summed E-state index contributed by atoms with van der Waals surface area (Å²) in [6.45, 7) is 0.703. The van der Waals surface area contributed by atoms with Gasteiger partial charge in [-0.2, -0.15) is 0 Å². The maximum absolute atomic E-state index is 4.39. The van der Waals surface area contributed by atoms with Crippen LogP contribution in [0.25, 0.3) is 11.0 Å². The van der Waals surface area contributed by atoms with Crippen molar-refractivity contribution in [3.8, 4) is 0 Å². The van der Waals surface area contributed by atoms with Crippen LogP contribution in [0.1, 0.15) is 5.01 Å². The van der Waals surface area contributed by atoms with Gasteiger partial charge in [0.1, 0.15) is 10.5 Å². The van der Waals surface area contributed by atoms with E-state index in [9.17, 15) is 0 Å². The standard InChI is InChI=1S/C12H9BrN4S/c13-8-5-10-12(17-6-8)9(1-2-14-10)16-7-11-15-3-4-18-11/h1-6H,7H2,(H,14,16). The van der Waals surface area contributed by atoms with Crippen molar-refractivity contribution in [2.75, 3.05) is 5.32 Å². The highest BCUT2D eigenvalue weighted by Crippen LogP contribution is 2.22. The SMILES string of the molecule is Brc1cnc2c(NCc3nccs3)ccnc2c1. The fraction of sp³-hybridized carbons (Fsp3) is 0.0833. The molecule has 3 aromatic rings. The Kier molecular flexibility index (Phi) is 3.21. The summed E-state index contributed by atoms with van der Waals surface area (Å²) in [5.41, 5.74) is 2.72. The van der Waals surface area contributed by atoms with Crippen LogP contribution in [0.3, 0.4) is 0 Å². The molecule has 0 aliphatic rings. The van der Waals surface area contributed by atoms with Crippen molar-refractivity contribution >= 4 is 44.0 Å². The predicted octanol–water partition coefficient (Wildman–Crippen LogP) is 3.46. The average Bonchev–Trinajstić information content (AvgIpc) is 2.89. The zero-order chi connectivity index (χ0) is 12.4. The number of pyridine rings is 2. The number of anilines is 1. The first-order chi connectivity index (χ1) is 8.83. The summed E-state index contributed by atoms with van der Waals surface area (Å²) in [7, 11) is 0. The van der Waals surface area contributed by atoms with Crippen molar-refractivity contribution in [1.82, 2.24) is 15.0 Å². The second-order valence-electron chi connectivity index (χ2n) is 3.66. The average molecular weight is 321 g/mol. The van der Waals surface area contributed by atoms with Gasteiger partial charge in [0.25, 0.3) is 0 Å². The molecule has 3 aromatic heterocycles. The van der Waals surface area contributed by atoms with E-state index >= 15 is 0 Å². The van der Waals surface area contributed by atoms with Crippen molar-refractivity contribution in [2.45, 2.75) is 6.54 Å². The minimum Gasteiger partial charge on any atom is -0.377 e. The van der Waals surface area contributed by atoms with E-state index in [1.54, 1.807) is 23.7 Å². The van der Waals surface area contributed by atoms with Crippen molar-refractivity contribution in [3.05, 3.63) is 45.6 Å². The summed E-state index contributed by atoms with van der Waals surface area (Å²) in [5.74, 6) is 0. The number of rotatable bonds is 3. The van der Waals surface area contributed by atoms with Crippen LogP contribution in [0.2, 0.25) is 0 Å². The molecule has 0 aliphatic carbocycles. The number of fused-ring (bicyclic) bond motifs is 1. The van der Waals surface area contributed by atoms with Gasteiger partial charge in [-0.05, 0) is 28.1 Å². The maximum atomic E-state index is 4.39. The summed E-state index contributed by atoms with van der Waals surface area (Å²) in [4.78, 5) is 12.9. The molecular weight excluding hydrogens is 312 g/mol. The highest BCUT2D eigenvalue weighted by atomic mass is 79.9. The summed E-state index contributed by atoms with van der Waals surface area (Å²) in [5, 5.41) is 6.36. The smallest absolute Gasteiger partial charge is 0.112 e. The Bertz CT molecular complexity index is 669. The fourth-order valence-electron chi connectivity index (χ4n) is 1.66. The van der Waals surface area contributed by atoms with Crippen LogP contribution < -0.4 is 5.32 Å². The van der Waals surface area contributed by atoms with E-state index in [0.717, 1.165) is 26.2 Å². The molecule has 0 saturated carbocycles. The normalized spacial score (nSPS) is 10.7. The van der Waals surface area contributed by atoms with Gasteiger partial charge in [-0.15, -0.1) is 11.3 Å². The fourth-order valence-corrected chi connectivity index (χ4v) is 2.53. The molecule has 6 heteroatoms. The van der Waals surface area contributed by atoms with Gasteiger partial charge < -0.3 is 5.32 Å². The Morgan fingerprint density at radius 1 is 1.22 bits per heavy atom. The molecule has 0 spiro atoms. The number of aromatic nitrogens is 3. The van der Waals surface area contributed by atoms with Gasteiger partial charge in [0.2, 0.25) is 0 Å². The Morgan fingerprint density at radius 3 is 3.00 bits per heavy atom. The number of halogens is 1. The van der Waals surface area contributed by atoms with Crippen LogP contribution >= 0.6 is 27.3 Å². The Hall–Kier alpha value is -1.53. The number of nitrogens with one attached hydrogen (secondary N) is 1. The van der Waals surface area contributed by atoms with E-state index < -0.39 is 0 Å². The zero-order valence-electron chi connectivity index (χ0n) is 9.30. The number of hydrogen-bond donors (Lipinski definition) is 1. The van der Waals surface area contributed by atoms with Crippen LogP contribution in [0.5, 0.6) is 0 Å². The van der Waals surface area contributed by atoms with Gasteiger partial charge >= 0.3 is 0 Å². The third kappa shape index (κ3) is 2.34. The lowest BCUT2D eigenvalue weighted by atomic mass is 10.3. The summed E-state index contributed by atoms with van der Waals surface area (Å²) >= 11 is 5.03. The maximum Gasteiger partial charge on any atom is 0.112 e. The van der Waals surface area contributed by atoms with Crippen LogP contribution in [0.15, 0.2) is 40.6 Å². The molecule has 3 rings (SSSR count). The van der Waals surface area contributed by atoms with E-state index in [-0.39, 0.29) is 0 Å². The van der Waals surface area contributed by atoms with E-state index in [4.69, 9.17) is 0 Å². The topological polar surface area (TPSA) is 50.7 Å². The van der Waals surface area contributed by atoms with E-state index in [0.29, 0.717) is 6.54 Å². The van der Waals surface area contributed by atoms with Gasteiger partial charge in [0.15, 0.2) is 0 Å². The first kappa shape index (κ1) is 11.6. The molecule has 1 N–H and O–H groups in total. The summed E-state index contributed by atoms with van der Waals surface area (Å²) in [6.07, 6.45) is 5.36. The highest BCUT2D eigenvalue weighted by molar-refractivity contribution is 9.10. The molecule has 0 bridgehead atoms. The molecular formula is C12H9BrN4S. The van der Waals surface area contributed by atoms with Crippen molar-refractivity contribution < 1.29 is 0 Å². The zero-order valence-corrected chi connectivity index (χ0v) is 11.7. The van der Waals surface area contributed by atoms with Crippen molar-refractivity contribution in [3.63, 3.8) is 0 Å². The molecule has 0 atom stereocenters. The van der Waals surface area contributed by atoms with E-state index in [1.807, 2.05) is 23.7 Å². The summed E-state index contributed by atoms with van der Waals surface area (Å²) < 4.78 is 0.930. The number of nitrogens with zero attached hydrogens (tertiary/aromatic N) is 3. The van der Waals surface area contributed by atoms with E-state index in [2.05, 4.69) is 36.2 Å². The summed E-state index contributed by atoms with van der Waals surface area (Å²) in [6, 6.07) is 3.88. The second-order valence-corrected chi connectivity index (χ2v) is 5.55. The lowest BCUT2D eigenvalue weighted by Crippen LogP contribution is -2.00. The largest absolute Gasteiger partial charge is 0.377 e. The molecule has 0 aliphatic heterocycles. The molecule has 0 radical (unpaired) electrons.